The van der Waals surface area contributed by atoms with Crippen molar-refractivity contribution in [2.24, 2.45) is 24.1 Å². The molecule has 1 heterocycles. The minimum absolute atomic E-state index is 0.0204. The standard InChI is InChI=1S/C12H21N5O/c1-9-3-5-12(7-13,6-4-9)10(18)16-11-14-8-15-17(11)2/h8-9H,3-7,13H2,1-2H3,(H,14,15,16,18). The van der Waals surface area contributed by atoms with Crippen LogP contribution in [-0.2, 0) is 11.8 Å². The largest absolute Gasteiger partial charge is 0.329 e. The number of carbonyl (C=O) groups is 1. The lowest BCUT2D eigenvalue weighted by Gasteiger charge is -2.36. The summed E-state index contributed by atoms with van der Waals surface area (Å²) in [6.45, 7) is 2.62. The van der Waals surface area contributed by atoms with Crippen molar-refractivity contribution in [2.75, 3.05) is 11.9 Å². The molecule has 0 aliphatic heterocycles. The predicted octanol–water partition coefficient (Wildman–Crippen LogP) is 0.909. The number of aromatic nitrogens is 3. The molecule has 0 aromatic carbocycles. The Balaban J connectivity index is 2.08. The maximum Gasteiger partial charge on any atom is 0.234 e. The van der Waals surface area contributed by atoms with Crippen molar-refractivity contribution in [1.82, 2.24) is 14.8 Å². The Morgan fingerprint density at radius 1 is 1.61 bits per heavy atom. The van der Waals surface area contributed by atoms with Gasteiger partial charge in [-0.1, -0.05) is 6.92 Å². The highest BCUT2D eigenvalue weighted by atomic mass is 16.2. The van der Waals surface area contributed by atoms with Crippen molar-refractivity contribution in [3.8, 4) is 0 Å². The summed E-state index contributed by atoms with van der Waals surface area (Å²) in [5.41, 5.74) is 5.42. The normalized spacial score (nSPS) is 28.1. The first kappa shape index (κ1) is 13.0. The molecule has 0 bridgehead atoms. The van der Waals surface area contributed by atoms with Crippen LogP contribution < -0.4 is 11.1 Å². The van der Waals surface area contributed by atoms with Gasteiger partial charge in [-0.05, 0) is 31.6 Å². The number of nitrogens with one attached hydrogen (secondary N) is 1. The molecule has 3 N–H and O–H groups in total. The number of anilines is 1. The molecule has 1 aliphatic rings. The molecule has 1 saturated carbocycles. The van der Waals surface area contributed by atoms with Crippen LogP contribution in [-0.4, -0.2) is 27.2 Å². The minimum Gasteiger partial charge on any atom is -0.329 e. The topological polar surface area (TPSA) is 85.8 Å². The number of hydrogen-bond acceptors (Lipinski definition) is 4. The zero-order valence-electron chi connectivity index (χ0n) is 11.0. The van der Waals surface area contributed by atoms with Crippen molar-refractivity contribution in [1.29, 1.82) is 0 Å². The maximum atomic E-state index is 12.4. The van der Waals surface area contributed by atoms with Crippen LogP contribution in [0.3, 0.4) is 0 Å². The highest BCUT2D eigenvalue weighted by Crippen LogP contribution is 2.38. The summed E-state index contributed by atoms with van der Waals surface area (Å²) >= 11 is 0. The fourth-order valence-electron chi connectivity index (χ4n) is 2.48. The molecular formula is C12H21N5O. The molecule has 0 atom stereocenters. The van der Waals surface area contributed by atoms with Gasteiger partial charge in [-0.3, -0.25) is 10.1 Å². The van der Waals surface area contributed by atoms with Gasteiger partial charge in [-0.15, -0.1) is 0 Å². The molecule has 100 valence electrons. The molecule has 0 saturated heterocycles. The van der Waals surface area contributed by atoms with Gasteiger partial charge in [0.15, 0.2) is 0 Å². The van der Waals surface area contributed by atoms with E-state index in [2.05, 4.69) is 22.3 Å². The fourth-order valence-corrected chi connectivity index (χ4v) is 2.48. The summed E-state index contributed by atoms with van der Waals surface area (Å²) in [6.07, 6.45) is 5.25. The summed E-state index contributed by atoms with van der Waals surface area (Å²) in [5.74, 6) is 1.15. The SMILES string of the molecule is CC1CCC(CN)(C(=O)Nc2ncnn2C)CC1. The first-order chi connectivity index (χ1) is 8.57. The highest BCUT2D eigenvalue weighted by Gasteiger charge is 2.40. The zero-order valence-corrected chi connectivity index (χ0v) is 11.0. The molecule has 6 nitrogen and oxygen atoms in total. The van der Waals surface area contributed by atoms with Gasteiger partial charge >= 0.3 is 0 Å². The monoisotopic (exact) mass is 251 g/mol. The van der Waals surface area contributed by atoms with Gasteiger partial charge in [0, 0.05) is 13.6 Å². The number of rotatable bonds is 3. The molecule has 1 aromatic heterocycles. The van der Waals surface area contributed by atoms with Gasteiger partial charge in [-0.25, -0.2) is 4.68 Å². The second-order valence-electron chi connectivity index (χ2n) is 5.33. The number of nitrogens with two attached hydrogens (primary N) is 1. The van der Waals surface area contributed by atoms with Gasteiger partial charge < -0.3 is 5.73 Å². The molecule has 1 aliphatic carbocycles. The molecule has 0 radical (unpaired) electrons. The Labute approximate surface area is 107 Å². The van der Waals surface area contributed by atoms with Crippen LogP contribution in [0, 0.1) is 11.3 Å². The summed E-state index contributed by atoms with van der Waals surface area (Å²) in [7, 11) is 1.75. The Kier molecular flexibility index (Phi) is 3.65. The molecule has 6 heteroatoms. The molecule has 0 unspecified atom stereocenters. The third-order valence-corrected chi connectivity index (χ3v) is 4.04. The molecule has 1 fully saturated rings. The van der Waals surface area contributed by atoms with Crippen molar-refractivity contribution in [2.45, 2.75) is 32.6 Å². The van der Waals surface area contributed by atoms with Crippen molar-refractivity contribution < 1.29 is 4.79 Å². The van der Waals surface area contributed by atoms with Gasteiger partial charge in [0.1, 0.15) is 6.33 Å². The number of amides is 1. The summed E-state index contributed by atoms with van der Waals surface area (Å²) < 4.78 is 1.55. The van der Waals surface area contributed by atoms with Crippen LogP contribution in [0.1, 0.15) is 32.6 Å². The van der Waals surface area contributed by atoms with E-state index < -0.39 is 5.41 Å². The Bertz CT molecular complexity index is 420. The lowest BCUT2D eigenvalue weighted by atomic mass is 9.70. The quantitative estimate of drug-likeness (QED) is 0.836. The lowest BCUT2D eigenvalue weighted by Crippen LogP contribution is -2.45. The third-order valence-electron chi connectivity index (χ3n) is 4.04. The smallest absolute Gasteiger partial charge is 0.234 e. The van der Waals surface area contributed by atoms with E-state index in [-0.39, 0.29) is 5.91 Å². The third kappa shape index (κ3) is 2.38. The van der Waals surface area contributed by atoms with E-state index in [1.54, 1.807) is 11.7 Å². The molecular weight excluding hydrogens is 230 g/mol. The summed E-state index contributed by atoms with van der Waals surface area (Å²) in [5, 5.41) is 6.77. The minimum atomic E-state index is -0.432. The number of hydrogen-bond donors (Lipinski definition) is 2. The molecule has 1 aromatic rings. The molecule has 0 spiro atoms. The van der Waals surface area contributed by atoms with Crippen LogP contribution >= 0.6 is 0 Å². The van der Waals surface area contributed by atoms with E-state index in [0.29, 0.717) is 18.4 Å². The van der Waals surface area contributed by atoms with Gasteiger partial charge in [0.25, 0.3) is 0 Å². The zero-order chi connectivity index (χ0) is 13.2. The Morgan fingerprint density at radius 2 is 2.28 bits per heavy atom. The molecule has 1 amide bonds. The van der Waals surface area contributed by atoms with E-state index in [1.807, 2.05) is 0 Å². The van der Waals surface area contributed by atoms with Crippen molar-refractivity contribution in [3.63, 3.8) is 0 Å². The molecule has 2 rings (SSSR count). The fraction of sp³-hybridized carbons (Fsp3) is 0.750. The van der Waals surface area contributed by atoms with Gasteiger partial charge in [-0.2, -0.15) is 10.1 Å². The van der Waals surface area contributed by atoms with Crippen LogP contribution in [0.5, 0.6) is 0 Å². The summed E-state index contributed by atoms with van der Waals surface area (Å²) in [4.78, 5) is 16.4. The van der Waals surface area contributed by atoms with Crippen LogP contribution in [0.15, 0.2) is 6.33 Å². The van der Waals surface area contributed by atoms with E-state index in [4.69, 9.17) is 5.73 Å². The number of nitrogens with zero attached hydrogens (tertiary/aromatic N) is 3. The van der Waals surface area contributed by atoms with Crippen molar-refractivity contribution in [3.05, 3.63) is 6.33 Å². The van der Waals surface area contributed by atoms with Crippen LogP contribution in [0.2, 0.25) is 0 Å². The first-order valence-electron chi connectivity index (χ1n) is 6.43. The van der Waals surface area contributed by atoms with E-state index in [0.717, 1.165) is 25.7 Å². The van der Waals surface area contributed by atoms with E-state index in [1.165, 1.54) is 6.33 Å². The maximum absolute atomic E-state index is 12.4. The predicted molar refractivity (Wildman–Crippen MR) is 68.8 cm³/mol. The average molecular weight is 251 g/mol. The number of aryl methyl sites for hydroxylation is 1. The summed E-state index contributed by atoms with van der Waals surface area (Å²) in [6, 6.07) is 0. The van der Waals surface area contributed by atoms with Gasteiger partial charge in [0.05, 0.1) is 5.41 Å². The van der Waals surface area contributed by atoms with Crippen molar-refractivity contribution >= 4 is 11.9 Å². The average Bonchev–Trinajstić information content (AvgIpc) is 2.76. The first-order valence-corrected chi connectivity index (χ1v) is 6.43. The highest BCUT2D eigenvalue weighted by molar-refractivity contribution is 5.94. The lowest BCUT2D eigenvalue weighted by molar-refractivity contribution is -0.127. The molecule has 18 heavy (non-hydrogen) atoms. The van der Waals surface area contributed by atoms with Crippen LogP contribution in [0.25, 0.3) is 0 Å². The van der Waals surface area contributed by atoms with E-state index in [9.17, 15) is 4.79 Å². The Morgan fingerprint density at radius 3 is 2.78 bits per heavy atom. The Hall–Kier alpha value is -1.43. The van der Waals surface area contributed by atoms with Crippen LogP contribution in [0.4, 0.5) is 5.95 Å². The second kappa shape index (κ2) is 5.06. The second-order valence-corrected chi connectivity index (χ2v) is 5.33. The number of carbonyl (C=O) groups excluding carboxylic acids is 1. The van der Waals surface area contributed by atoms with Gasteiger partial charge in [0.2, 0.25) is 11.9 Å². The van der Waals surface area contributed by atoms with E-state index >= 15 is 0 Å².